The summed E-state index contributed by atoms with van der Waals surface area (Å²) in [5.41, 5.74) is 4.58. The zero-order valence-electron chi connectivity index (χ0n) is 37.1. The number of hydrogen-bond donors (Lipinski definition) is 1. The van der Waals surface area contributed by atoms with Crippen LogP contribution in [0.2, 0.25) is 0 Å². The summed E-state index contributed by atoms with van der Waals surface area (Å²) in [4.78, 5) is 26.5. The van der Waals surface area contributed by atoms with Gasteiger partial charge in [-0.3, -0.25) is 0 Å². The summed E-state index contributed by atoms with van der Waals surface area (Å²) >= 11 is 0. The molecule has 17 heteroatoms. The minimum absolute atomic E-state index is 0.0767. The number of allylic oxidation sites excluding steroid dienone is 1. The lowest BCUT2D eigenvalue weighted by Crippen LogP contribution is -2.56. The molecular weight excluding hydrogens is 823 g/mol. The molecule has 2 aromatic heterocycles. The van der Waals surface area contributed by atoms with Crippen LogP contribution >= 0.6 is 0 Å². The van der Waals surface area contributed by atoms with E-state index in [1.807, 2.05) is 27.0 Å². The van der Waals surface area contributed by atoms with E-state index >= 15 is 0 Å². The quantitative estimate of drug-likeness (QED) is 0.182. The molecule has 2 aromatic carbocycles. The van der Waals surface area contributed by atoms with Gasteiger partial charge in [-0.25, -0.2) is 45.6 Å². The monoisotopic (exact) mass is 882 g/mol. The number of sulfone groups is 2. The summed E-state index contributed by atoms with van der Waals surface area (Å²) in [5.74, 6) is 0.428. The zero-order chi connectivity index (χ0) is 45.4. The number of aromatic nitrogens is 4. The molecule has 2 fully saturated rings. The number of aryl methyl sites for hydroxylation is 2. The average molecular weight is 883 g/mol. The molecule has 0 aliphatic carbocycles. The van der Waals surface area contributed by atoms with E-state index in [0.717, 1.165) is 35.0 Å². The van der Waals surface area contributed by atoms with Crippen LogP contribution < -0.4 is 19.6 Å². The molecule has 4 heterocycles. The largest absolute Gasteiger partial charge is 0.386 e. The van der Waals surface area contributed by atoms with Crippen molar-refractivity contribution in [2.45, 2.75) is 89.8 Å². The second kappa shape index (κ2) is 18.3. The van der Waals surface area contributed by atoms with E-state index in [1.165, 1.54) is 24.3 Å². The van der Waals surface area contributed by atoms with Gasteiger partial charge in [-0.2, -0.15) is 0 Å². The molecule has 2 aliphatic rings. The molecular formula is C44H60F2N8O5S2. The van der Waals surface area contributed by atoms with Crippen LogP contribution in [0.4, 0.5) is 32.1 Å². The van der Waals surface area contributed by atoms with Gasteiger partial charge < -0.3 is 24.7 Å². The highest BCUT2D eigenvalue weighted by atomic mass is 32.2. The smallest absolute Gasteiger partial charge is 0.225 e. The number of nitrogens with zero attached hydrogens (tertiary/aromatic N) is 8. The zero-order valence-corrected chi connectivity index (χ0v) is 38.7. The molecule has 0 saturated carbocycles. The Bertz CT molecular complexity index is 2480. The molecule has 0 spiro atoms. The van der Waals surface area contributed by atoms with Crippen molar-refractivity contribution in [3.8, 4) is 0 Å². The standard InChI is InChI=1S/C22H31FN4O3S.C22H29FN4O2S/c1-14(2)19-13-26(16-7-8-18(23)20(11-16)31(6,29)30)9-10-27(19)21-24-12-17(15(3)25-21)22(4,5)28;1-14(2)18-12-24-22(25-16(18)5)27-10-9-26(13-20(27)15(3)4)17-7-8-19(23)21(11-17)30(6,28)29/h7-8,11-12,14,19,28H,9-10,13H2,1-6H3;7-8,11-12,15,20H,1,9-10,13H2,2-6H3/t19-;20-/m00/s1. The van der Waals surface area contributed by atoms with Crippen LogP contribution in [0.5, 0.6) is 0 Å². The fraction of sp³-hybridized carbons (Fsp3) is 0.500. The molecule has 6 rings (SSSR count). The number of anilines is 4. The molecule has 332 valence electrons. The number of halogens is 2. The first kappa shape index (κ1) is 47.3. The maximum Gasteiger partial charge on any atom is 0.225 e. The topological polar surface area (TPSA) is 153 Å². The first-order valence-corrected chi connectivity index (χ1v) is 24.1. The normalized spacial score (nSPS) is 17.8. The summed E-state index contributed by atoms with van der Waals surface area (Å²) in [6, 6.07) is 8.75. The Morgan fingerprint density at radius 3 is 1.49 bits per heavy atom. The minimum atomic E-state index is -3.65. The van der Waals surface area contributed by atoms with Crippen LogP contribution in [0, 0.1) is 37.3 Å². The van der Waals surface area contributed by atoms with Gasteiger partial charge in [0.2, 0.25) is 11.9 Å². The van der Waals surface area contributed by atoms with Crippen molar-refractivity contribution in [2.24, 2.45) is 11.8 Å². The van der Waals surface area contributed by atoms with Gasteiger partial charge in [0.15, 0.2) is 19.7 Å². The molecule has 0 radical (unpaired) electrons. The third kappa shape index (κ3) is 11.0. The van der Waals surface area contributed by atoms with Crippen LogP contribution in [0.1, 0.15) is 71.0 Å². The molecule has 13 nitrogen and oxygen atoms in total. The van der Waals surface area contributed by atoms with Gasteiger partial charge in [-0.05, 0) is 88.4 Å². The van der Waals surface area contributed by atoms with Crippen molar-refractivity contribution in [1.29, 1.82) is 0 Å². The lowest BCUT2D eigenvalue weighted by Gasteiger charge is -2.44. The van der Waals surface area contributed by atoms with Crippen LogP contribution in [-0.4, -0.2) is 106 Å². The van der Waals surface area contributed by atoms with Crippen molar-refractivity contribution in [3.05, 3.63) is 89.5 Å². The van der Waals surface area contributed by atoms with E-state index in [-0.39, 0.29) is 27.8 Å². The molecule has 2 atom stereocenters. The van der Waals surface area contributed by atoms with Gasteiger partial charge in [-0.15, -0.1) is 0 Å². The third-order valence-electron chi connectivity index (χ3n) is 11.3. The van der Waals surface area contributed by atoms with Crippen molar-refractivity contribution in [2.75, 3.05) is 71.4 Å². The third-order valence-corrected chi connectivity index (χ3v) is 13.5. The van der Waals surface area contributed by atoms with Crippen molar-refractivity contribution >= 4 is 48.5 Å². The SMILES string of the molecule is C=C(C)c1cnc(N2CCN(c3ccc(F)c(S(C)(=O)=O)c3)C[C@H]2C(C)C)nc1C.Cc1nc(N2CCN(c3ccc(F)c(S(C)(=O)=O)c3)C[C@H]2C(C)C)ncc1C(C)(C)O. The number of rotatable bonds is 10. The van der Waals surface area contributed by atoms with Gasteiger partial charge in [0, 0.05) is 92.4 Å². The van der Waals surface area contributed by atoms with Crippen LogP contribution in [0.15, 0.2) is 65.2 Å². The highest BCUT2D eigenvalue weighted by molar-refractivity contribution is 7.91. The molecule has 2 aliphatic heterocycles. The Labute approximate surface area is 360 Å². The predicted octanol–water partition coefficient (Wildman–Crippen LogP) is 6.62. The van der Waals surface area contributed by atoms with Gasteiger partial charge in [0.1, 0.15) is 21.4 Å². The Kier molecular flexibility index (Phi) is 14.2. The van der Waals surface area contributed by atoms with Crippen LogP contribution in [-0.2, 0) is 25.3 Å². The van der Waals surface area contributed by atoms with Crippen molar-refractivity contribution < 1.29 is 30.7 Å². The average Bonchev–Trinajstić information content (AvgIpc) is 3.16. The van der Waals surface area contributed by atoms with E-state index in [4.69, 9.17) is 4.98 Å². The van der Waals surface area contributed by atoms with Crippen LogP contribution in [0.25, 0.3) is 5.57 Å². The van der Waals surface area contributed by atoms with Crippen molar-refractivity contribution in [1.82, 2.24) is 19.9 Å². The summed E-state index contributed by atoms with van der Waals surface area (Å²) in [6.07, 6.45) is 5.54. The van der Waals surface area contributed by atoms with Gasteiger partial charge in [-0.1, -0.05) is 34.3 Å². The summed E-state index contributed by atoms with van der Waals surface area (Å²) in [5, 5.41) is 10.3. The first-order chi connectivity index (χ1) is 28.3. The highest BCUT2D eigenvalue weighted by Gasteiger charge is 2.34. The number of aliphatic hydroxyl groups is 1. The molecule has 61 heavy (non-hydrogen) atoms. The predicted molar refractivity (Wildman–Crippen MR) is 239 cm³/mol. The lowest BCUT2D eigenvalue weighted by molar-refractivity contribution is 0.0770. The molecule has 2 saturated heterocycles. The van der Waals surface area contributed by atoms with E-state index in [9.17, 15) is 30.7 Å². The number of benzene rings is 2. The summed E-state index contributed by atoms with van der Waals surface area (Å²) < 4.78 is 75.7. The van der Waals surface area contributed by atoms with E-state index in [1.54, 1.807) is 32.2 Å². The molecule has 4 aromatic rings. The summed E-state index contributed by atoms with van der Waals surface area (Å²) in [7, 11) is -7.29. The van der Waals surface area contributed by atoms with E-state index in [0.29, 0.717) is 74.0 Å². The van der Waals surface area contributed by atoms with Crippen molar-refractivity contribution in [3.63, 3.8) is 0 Å². The van der Waals surface area contributed by atoms with E-state index in [2.05, 4.69) is 68.8 Å². The number of hydrogen-bond acceptors (Lipinski definition) is 13. The van der Waals surface area contributed by atoms with Gasteiger partial charge in [0.05, 0.1) is 23.4 Å². The maximum atomic E-state index is 14.0. The number of piperazine rings is 2. The molecule has 0 unspecified atom stereocenters. The molecule has 0 bridgehead atoms. The Balaban J connectivity index is 0.000000231. The van der Waals surface area contributed by atoms with Gasteiger partial charge in [0.25, 0.3) is 0 Å². The first-order valence-electron chi connectivity index (χ1n) is 20.4. The van der Waals surface area contributed by atoms with Crippen LogP contribution in [0.3, 0.4) is 0 Å². The Morgan fingerprint density at radius 2 is 1.15 bits per heavy atom. The second-order valence-corrected chi connectivity index (χ2v) is 21.3. The van der Waals surface area contributed by atoms with Gasteiger partial charge >= 0.3 is 0 Å². The Hall–Kier alpha value is -4.74. The van der Waals surface area contributed by atoms with E-state index < -0.39 is 36.9 Å². The fourth-order valence-electron chi connectivity index (χ4n) is 7.88. The highest BCUT2D eigenvalue weighted by Crippen LogP contribution is 2.31. The minimum Gasteiger partial charge on any atom is -0.386 e. The summed E-state index contributed by atoms with van der Waals surface area (Å²) in [6.45, 7) is 25.6. The maximum absolute atomic E-state index is 14.0. The fourth-order valence-corrected chi connectivity index (χ4v) is 9.39. The molecule has 0 amide bonds. The Morgan fingerprint density at radius 1 is 0.738 bits per heavy atom. The lowest BCUT2D eigenvalue weighted by atomic mass is 9.98. The second-order valence-electron chi connectivity index (χ2n) is 17.4. The molecule has 1 N–H and O–H groups in total.